The molecule has 0 radical (unpaired) electrons. The van der Waals surface area contributed by atoms with Gasteiger partial charge in [-0.3, -0.25) is 4.79 Å². The third-order valence-electron chi connectivity index (χ3n) is 5.36. The van der Waals surface area contributed by atoms with E-state index in [1.807, 2.05) is 38.1 Å². The van der Waals surface area contributed by atoms with E-state index in [-0.39, 0.29) is 12.3 Å². The SMILES string of the molecule is Cc1cc2occ(CC(=O)Nc3ccc(C)c(-n4nnnc4C)c3)c2cc1C(C)C. The number of hydrogen-bond donors (Lipinski definition) is 1. The average Bonchev–Trinajstić information content (AvgIpc) is 3.28. The number of amides is 1. The van der Waals surface area contributed by atoms with Crippen LogP contribution in [0.15, 0.2) is 41.0 Å². The molecule has 0 fully saturated rings. The van der Waals surface area contributed by atoms with Gasteiger partial charge in [0, 0.05) is 16.6 Å². The zero-order valence-electron chi connectivity index (χ0n) is 17.9. The van der Waals surface area contributed by atoms with E-state index in [1.165, 1.54) is 11.1 Å². The lowest BCUT2D eigenvalue weighted by atomic mass is 9.95. The van der Waals surface area contributed by atoms with E-state index in [0.29, 0.717) is 17.4 Å². The molecule has 0 saturated heterocycles. The van der Waals surface area contributed by atoms with Crippen molar-refractivity contribution in [2.75, 3.05) is 5.32 Å². The number of carbonyl (C=O) groups is 1. The molecule has 2 aromatic heterocycles. The molecule has 0 saturated carbocycles. The molecule has 0 aliphatic carbocycles. The lowest BCUT2D eigenvalue weighted by molar-refractivity contribution is -0.115. The van der Waals surface area contributed by atoms with Crippen molar-refractivity contribution in [1.82, 2.24) is 20.2 Å². The first kappa shape index (κ1) is 19.8. The van der Waals surface area contributed by atoms with Crippen molar-refractivity contribution in [3.8, 4) is 5.69 Å². The first-order valence-corrected chi connectivity index (χ1v) is 10.00. The minimum absolute atomic E-state index is 0.104. The largest absolute Gasteiger partial charge is 0.464 e. The van der Waals surface area contributed by atoms with Crippen molar-refractivity contribution < 1.29 is 9.21 Å². The minimum atomic E-state index is -0.104. The summed E-state index contributed by atoms with van der Waals surface area (Å²) in [5, 5.41) is 15.6. The number of furan rings is 1. The molecule has 0 aliphatic rings. The van der Waals surface area contributed by atoms with Crippen LogP contribution in [0.3, 0.4) is 0 Å². The Hall–Kier alpha value is -3.48. The van der Waals surface area contributed by atoms with E-state index < -0.39 is 0 Å². The second-order valence-corrected chi connectivity index (χ2v) is 7.98. The van der Waals surface area contributed by atoms with Crippen molar-refractivity contribution in [2.24, 2.45) is 0 Å². The molecule has 2 aromatic carbocycles. The number of hydrogen-bond acceptors (Lipinski definition) is 5. The van der Waals surface area contributed by atoms with Gasteiger partial charge in [0.2, 0.25) is 5.91 Å². The number of benzene rings is 2. The van der Waals surface area contributed by atoms with Gasteiger partial charge in [0.05, 0.1) is 18.4 Å². The number of tetrazole rings is 1. The van der Waals surface area contributed by atoms with Gasteiger partial charge < -0.3 is 9.73 Å². The molecule has 1 amide bonds. The van der Waals surface area contributed by atoms with Crippen molar-refractivity contribution >= 4 is 22.6 Å². The van der Waals surface area contributed by atoms with Crippen molar-refractivity contribution in [1.29, 1.82) is 0 Å². The summed E-state index contributed by atoms with van der Waals surface area (Å²) in [7, 11) is 0. The molecule has 4 aromatic rings. The van der Waals surface area contributed by atoms with Crippen LogP contribution in [0.1, 0.15) is 47.8 Å². The van der Waals surface area contributed by atoms with Crippen LogP contribution in [-0.4, -0.2) is 26.1 Å². The van der Waals surface area contributed by atoms with E-state index in [2.05, 4.69) is 47.7 Å². The van der Waals surface area contributed by atoms with Gasteiger partial charge in [0.15, 0.2) is 5.82 Å². The normalized spacial score (nSPS) is 11.4. The Morgan fingerprint density at radius 1 is 1.13 bits per heavy atom. The van der Waals surface area contributed by atoms with Gasteiger partial charge in [-0.05, 0) is 78.1 Å². The second-order valence-electron chi connectivity index (χ2n) is 7.98. The number of carbonyl (C=O) groups excluding carboxylic acids is 1. The van der Waals surface area contributed by atoms with E-state index in [9.17, 15) is 4.79 Å². The summed E-state index contributed by atoms with van der Waals surface area (Å²) in [6.45, 7) is 10.2. The molecule has 2 heterocycles. The summed E-state index contributed by atoms with van der Waals surface area (Å²) in [5.41, 5.74) is 6.71. The fourth-order valence-corrected chi connectivity index (χ4v) is 3.75. The molecular weight excluding hydrogens is 378 g/mol. The van der Waals surface area contributed by atoms with Crippen LogP contribution in [-0.2, 0) is 11.2 Å². The summed E-state index contributed by atoms with van der Waals surface area (Å²) >= 11 is 0. The van der Waals surface area contributed by atoms with Crippen LogP contribution in [0.4, 0.5) is 5.69 Å². The lowest BCUT2D eigenvalue weighted by Gasteiger charge is -2.11. The fraction of sp³-hybridized carbons (Fsp3) is 0.304. The summed E-state index contributed by atoms with van der Waals surface area (Å²) in [6, 6.07) is 9.89. The predicted octanol–water partition coefficient (Wildman–Crippen LogP) is 4.64. The van der Waals surface area contributed by atoms with Crippen LogP contribution in [0.25, 0.3) is 16.7 Å². The maximum atomic E-state index is 12.8. The smallest absolute Gasteiger partial charge is 0.228 e. The van der Waals surface area contributed by atoms with Crippen molar-refractivity contribution in [3.63, 3.8) is 0 Å². The molecule has 0 atom stereocenters. The van der Waals surface area contributed by atoms with Crippen LogP contribution in [0.2, 0.25) is 0 Å². The molecule has 0 unspecified atom stereocenters. The fourth-order valence-electron chi connectivity index (χ4n) is 3.75. The summed E-state index contributed by atoms with van der Waals surface area (Å²) in [6.07, 6.45) is 1.92. The van der Waals surface area contributed by atoms with Crippen LogP contribution in [0, 0.1) is 20.8 Å². The number of rotatable bonds is 5. The van der Waals surface area contributed by atoms with Crippen molar-refractivity contribution in [3.05, 3.63) is 64.7 Å². The maximum absolute atomic E-state index is 12.8. The third-order valence-corrected chi connectivity index (χ3v) is 5.36. The van der Waals surface area contributed by atoms with E-state index in [1.54, 1.807) is 10.9 Å². The third kappa shape index (κ3) is 3.70. The zero-order valence-corrected chi connectivity index (χ0v) is 17.9. The van der Waals surface area contributed by atoms with Crippen LogP contribution < -0.4 is 5.32 Å². The van der Waals surface area contributed by atoms with E-state index >= 15 is 0 Å². The lowest BCUT2D eigenvalue weighted by Crippen LogP contribution is -2.15. The zero-order chi connectivity index (χ0) is 21.4. The first-order chi connectivity index (χ1) is 14.3. The van der Waals surface area contributed by atoms with Gasteiger partial charge in [-0.15, -0.1) is 5.10 Å². The van der Waals surface area contributed by atoms with Gasteiger partial charge in [-0.1, -0.05) is 19.9 Å². The molecule has 0 spiro atoms. The Morgan fingerprint density at radius 3 is 2.63 bits per heavy atom. The monoisotopic (exact) mass is 403 g/mol. The number of fused-ring (bicyclic) bond motifs is 1. The molecule has 0 bridgehead atoms. The van der Waals surface area contributed by atoms with Gasteiger partial charge in [0.25, 0.3) is 0 Å². The second kappa shape index (κ2) is 7.74. The highest BCUT2D eigenvalue weighted by molar-refractivity contribution is 5.95. The highest BCUT2D eigenvalue weighted by Crippen LogP contribution is 2.29. The molecule has 7 heteroatoms. The Labute approximate surface area is 175 Å². The summed E-state index contributed by atoms with van der Waals surface area (Å²) in [4.78, 5) is 12.8. The molecule has 7 nitrogen and oxygen atoms in total. The number of aryl methyl sites for hydroxylation is 3. The van der Waals surface area contributed by atoms with Crippen LogP contribution >= 0.6 is 0 Å². The van der Waals surface area contributed by atoms with Gasteiger partial charge in [-0.25, -0.2) is 0 Å². The molecular formula is C23H25N5O2. The van der Waals surface area contributed by atoms with E-state index in [0.717, 1.165) is 27.8 Å². The Bertz CT molecular complexity index is 1240. The Kier molecular flexibility index (Phi) is 5.11. The predicted molar refractivity (Wildman–Crippen MR) is 116 cm³/mol. The highest BCUT2D eigenvalue weighted by atomic mass is 16.3. The number of nitrogens with one attached hydrogen (secondary N) is 1. The average molecular weight is 403 g/mol. The minimum Gasteiger partial charge on any atom is -0.464 e. The van der Waals surface area contributed by atoms with Gasteiger partial charge in [-0.2, -0.15) is 4.68 Å². The molecule has 4 rings (SSSR count). The molecule has 154 valence electrons. The van der Waals surface area contributed by atoms with Gasteiger partial charge >= 0.3 is 0 Å². The number of aromatic nitrogens is 4. The van der Waals surface area contributed by atoms with E-state index in [4.69, 9.17) is 4.42 Å². The first-order valence-electron chi connectivity index (χ1n) is 10.00. The van der Waals surface area contributed by atoms with Crippen molar-refractivity contribution in [2.45, 2.75) is 47.0 Å². The number of nitrogens with zero attached hydrogens (tertiary/aromatic N) is 4. The summed E-state index contributed by atoms with van der Waals surface area (Å²) in [5.74, 6) is 0.988. The Balaban J connectivity index is 1.57. The molecule has 1 N–H and O–H groups in total. The Morgan fingerprint density at radius 2 is 1.93 bits per heavy atom. The molecule has 30 heavy (non-hydrogen) atoms. The topological polar surface area (TPSA) is 85.8 Å². The summed E-state index contributed by atoms with van der Waals surface area (Å²) < 4.78 is 7.36. The maximum Gasteiger partial charge on any atom is 0.228 e. The number of anilines is 1. The highest BCUT2D eigenvalue weighted by Gasteiger charge is 2.15. The standard InChI is InChI=1S/C23H25N5O2/c1-13(2)19-11-20-17(12-30-22(20)8-15(19)4)9-23(29)24-18-7-6-14(3)21(10-18)28-16(5)25-26-27-28/h6-8,10-13H,9H2,1-5H3,(H,24,29). The molecule has 0 aliphatic heterocycles. The van der Waals surface area contributed by atoms with Gasteiger partial charge in [0.1, 0.15) is 5.58 Å². The van der Waals surface area contributed by atoms with Crippen LogP contribution in [0.5, 0.6) is 0 Å². The quantitative estimate of drug-likeness (QED) is 0.525.